The summed E-state index contributed by atoms with van der Waals surface area (Å²) in [5, 5.41) is 3.28. The van der Waals surface area contributed by atoms with Gasteiger partial charge in [-0.1, -0.05) is 6.07 Å². The molecule has 1 heterocycles. The second-order valence-corrected chi connectivity index (χ2v) is 9.62. The number of thiophene rings is 1. The summed E-state index contributed by atoms with van der Waals surface area (Å²) in [5.41, 5.74) is 0.220. The predicted octanol–water partition coefficient (Wildman–Crippen LogP) is 4.04. The van der Waals surface area contributed by atoms with Crippen LogP contribution in [0.25, 0.3) is 0 Å². The molecular weight excluding hydrogens is 432 g/mol. The van der Waals surface area contributed by atoms with Crippen molar-refractivity contribution in [3.63, 3.8) is 0 Å². The number of aryl methyl sites for hydroxylation is 1. The van der Waals surface area contributed by atoms with Gasteiger partial charge in [-0.3, -0.25) is 4.79 Å². The molecule has 0 aliphatic carbocycles. The minimum absolute atomic E-state index is 0.0170. The first-order chi connectivity index (χ1) is 14.3. The predicted molar refractivity (Wildman–Crippen MR) is 110 cm³/mol. The smallest absolute Gasteiger partial charge is 0.257 e. The number of hydrogen-bond donors (Lipinski definition) is 1. The zero-order valence-corrected chi connectivity index (χ0v) is 17.6. The van der Waals surface area contributed by atoms with Gasteiger partial charge in [0.2, 0.25) is 0 Å². The van der Waals surface area contributed by atoms with Crippen molar-refractivity contribution in [3.05, 3.63) is 82.1 Å². The SMILES string of the molecule is Cc1cc(S(=O)(=O)[C@@H](CNC(=O)COc2ccc(F)cc2)c2cccs2)ccc1F. The molecule has 1 aromatic heterocycles. The number of amides is 1. The highest BCUT2D eigenvalue weighted by Gasteiger charge is 2.31. The average molecular weight is 452 g/mol. The van der Waals surface area contributed by atoms with Crippen LogP contribution in [0, 0.1) is 18.6 Å². The normalized spacial score (nSPS) is 12.4. The van der Waals surface area contributed by atoms with Crippen molar-refractivity contribution in [1.29, 1.82) is 0 Å². The van der Waals surface area contributed by atoms with Crippen LogP contribution < -0.4 is 10.1 Å². The number of sulfone groups is 1. The fourth-order valence-corrected chi connectivity index (χ4v) is 5.60. The van der Waals surface area contributed by atoms with Gasteiger partial charge in [0.15, 0.2) is 16.4 Å². The van der Waals surface area contributed by atoms with Gasteiger partial charge in [-0.15, -0.1) is 11.3 Å². The van der Waals surface area contributed by atoms with Crippen LogP contribution >= 0.6 is 11.3 Å². The van der Waals surface area contributed by atoms with Gasteiger partial charge < -0.3 is 10.1 Å². The van der Waals surface area contributed by atoms with E-state index in [1.165, 1.54) is 54.7 Å². The van der Waals surface area contributed by atoms with Crippen molar-refractivity contribution in [2.75, 3.05) is 13.2 Å². The van der Waals surface area contributed by atoms with Gasteiger partial charge in [-0.2, -0.15) is 0 Å². The van der Waals surface area contributed by atoms with Crippen molar-refractivity contribution in [3.8, 4) is 5.75 Å². The lowest BCUT2D eigenvalue weighted by molar-refractivity contribution is -0.123. The summed E-state index contributed by atoms with van der Waals surface area (Å²) in [4.78, 5) is 12.7. The van der Waals surface area contributed by atoms with E-state index in [0.717, 1.165) is 6.07 Å². The lowest BCUT2D eigenvalue weighted by Gasteiger charge is -2.18. The standard InChI is InChI=1S/C21H19F2NO4S2/c1-14-11-17(8-9-18(14)23)30(26,27)20(19-3-2-10-29-19)12-24-21(25)13-28-16-6-4-15(22)5-7-16/h2-11,20H,12-13H2,1H3,(H,24,25)/t20-/m0/s1. The molecular formula is C21H19F2NO4S2. The van der Waals surface area contributed by atoms with E-state index in [9.17, 15) is 22.0 Å². The van der Waals surface area contributed by atoms with Gasteiger partial charge in [0.25, 0.3) is 5.91 Å². The van der Waals surface area contributed by atoms with Crippen LogP contribution in [-0.2, 0) is 14.6 Å². The molecule has 158 valence electrons. The second-order valence-electron chi connectivity index (χ2n) is 6.51. The maximum Gasteiger partial charge on any atom is 0.257 e. The van der Waals surface area contributed by atoms with Crippen LogP contribution in [0.3, 0.4) is 0 Å². The molecule has 5 nitrogen and oxygen atoms in total. The summed E-state index contributed by atoms with van der Waals surface area (Å²) in [7, 11) is -3.88. The zero-order valence-electron chi connectivity index (χ0n) is 16.0. The van der Waals surface area contributed by atoms with Crippen molar-refractivity contribution in [1.82, 2.24) is 5.32 Å². The Morgan fingerprint density at radius 2 is 1.87 bits per heavy atom. The molecule has 1 amide bonds. The number of benzene rings is 2. The van der Waals surface area contributed by atoms with Crippen molar-refractivity contribution in [2.45, 2.75) is 17.1 Å². The van der Waals surface area contributed by atoms with Gasteiger partial charge >= 0.3 is 0 Å². The summed E-state index contributed by atoms with van der Waals surface area (Å²) in [5.74, 6) is -1.12. The first kappa shape index (κ1) is 21.9. The van der Waals surface area contributed by atoms with E-state index in [-0.39, 0.29) is 23.6 Å². The minimum Gasteiger partial charge on any atom is -0.484 e. The van der Waals surface area contributed by atoms with E-state index in [0.29, 0.717) is 10.6 Å². The maximum absolute atomic E-state index is 13.6. The van der Waals surface area contributed by atoms with E-state index in [1.54, 1.807) is 17.5 Å². The highest BCUT2D eigenvalue weighted by Crippen LogP contribution is 2.32. The van der Waals surface area contributed by atoms with Gasteiger partial charge in [-0.25, -0.2) is 17.2 Å². The number of hydrogen-bond acceptors (Lipinski definition) is 5. The van der Waals surface area contributed by atoms with E-state index >= 15 is 0 Å². The first-order valence-electron chi connectivity index (χ1n) is 8.96. The zero-order chi connectivity index (χ0) is 21.7. The van der Waals surface area contributed by atoms with E-state index < -0.39 is 32.6 Å². The van der Waals surface area contributed by atoms with Crippen LogP contribution in [0.5, 0.6) is 5.75 Å². The molecule has 0 saturated heterocycles. The van der Waals surface area contributed by atoms with Crippen molar-refractivity contribution in [2.24, 2.45) is 0 Å². The van der Waals surface area contributed by atoms with Gasteiger partial charge in [0, 0.05) is 11.4 Å². The Balaban J connectivity index is 1.72. The summed E-state index contributed by atoms with van der Waals surface area (Å²) in [6.07, 6.45) is 0. The minimum atomic E-state index is -3.88. The van der Waals surface area contributed by atoms with E-state index in [4.69, 9.17) is 4.74 Å². The molecule has 0 bridgehead atoms. The molecule has 3 aromatic rings. The molecule has 2 aromatic carbocycles. The Morgan fingerprint density at radius 3 is 2.50 bits per heavy atom. The van der Waals surface area contributed by atoms with Crippen molar-refractivity contribution >= 4 is 27.1 Å². The van der Waals surface area contributed by atoms with E-state index in [1.807, 2.05) is 0 Å². The average Bonchev–Trinajstić information content (AvgIpc) is 3.24. The Morgan fingerprint density at radius 1 is 1.13 bits per heavy atom. The quantitative estimate of drug-likeness (QED) is 0.525. The summed E-state index contributed by atoms with van der Waals surface area (Å²) in [6.45, 7) is 0.965. The molecule has 1 atom stereocenters. The molecule has 1 N–H and O–H groups in total. The summed E-state index contributed by atoms with van der Waals surface area (Å²) < 4.78 is 58.1. The Bertz CT molecular complexity index is 1110. The number of nitrogens with one attached hydrogen (secondary N) is 1. The molecule has 0 radical (unpaired) electrons. The van der Waals surface area contributed by atoms with Crippen LogP contribution in [-0.4, -0.2) is 27.5 Å². The molecule has 0 saturated carbocycles. The Labute approximate surface area is 177 Å². The molecule has 3 rings (SSSR count). The highest BCUT2D eigenvalue weighted by atomic mass is 32.2. The van der Waals surface area contributed by atoms with Crippen LogP contribution in [0.15, 0.2) is 64.9 Å². The van der Waals surface area contributed by atoms with E-state index in [2.05, 4.69) is 5.32 Å². The third-order valence-corrected chi connectivity index (χ3v) is 7.58. The van der Waals surface area contributed by atoms with Crippen molar-refractivity contribution < 1.29 is 26.7 Å². The van der Waals surface area contributed by atoms with Gasteiger partial charge in [0.1, 0.15) is 22.6 Å². The topological polar surface area (TPSA) is 72.5 Å². The number of rotatable bonds is 8. The molecule has 0 unspecified atom stereocenters. The number of carbonyl (C=O) groups is 1. The highest BCUT2D eigenvalue weighted by molar-refractivity contribution is 7.91. The second kappa shape index (κ2) is 9.36. The lowest BCUT2D eigenvalue weighted by Crippen LogP contribution is -2.34. The van der Waals surface area contributed by atoms with Gasteiger partial charge in [-0.05, 0) is 66.4 Å². The Hall–Kier alpha value is -2.78. The molecule has 0 aliphatic heterocycles. The van der Waals surface area contributed by atoms with Gasteiger partial charge in [0.05, 0.1) is 4.90 Å². The Kier molecular flexibility index (Phi) is 6.84. The number of carbonyl (C=O) groups excluding carboxylic acids is 1. The number of halogens is 2. The molecule has 30 heavy (non-hydrogen) atoms. The summed E-state index contributed by atoms with van der Waals surface area (Å²) in [6, 6.07) is 12.2. The fourth-order valence-electron chi connectivity index (χ4n) is 2.73. The molecule has 9 heteroatoms. The fraction of sp³-hybridized carbons (Fsp3) is 0.190. The molecule has 0 fully saturated rings. The first-order valence-corrected chi connectivity index (χ1v) is 11.4. The number of ether oxygens (including phenoxy) is 1. The third kappa shape index (κ3) is 5.22. The summed E-state index contributed by atoms with van der Waals surface area (Å²) >= 11 is 1.25. The largest absolute Gasteiger partial charge is 0.484 e. The van der Waals surface area contributed by atoms with Crippen LogP contribution in [0.4, 0.5) is 8.78 Å². The molecule has 0 aliphatic rings. The monoisotopic (exact) mass is 451 g/mol. The lowest BCUT2D eigenvalue weighted by atomic mass is 10.2. The third-order valence-electron chi connectivity index (χ3n) is 4.36. The van der Waals surface area contributed by atoms with Crippen LogP contribution in [0.1, 0.15) is 15.7 Å². The molecule has 0 spiro atoms. The maximum atomic E-state index is 13.6. The van der Waals surface area contributed by atoms with Crippen LogP contribution in [0.2, 0.25) is 0 Å².